The highest BCUT2D eigenvalue weighted by Crippen LogP contribution is 2.42. The second-order valence-corrected chi connectivity index (χ2v) is 9.62. The van der Waals surface area contributed by atoms with Gasteiger partial charge in [-0.05, 0) is 24.6 Å². The van der Waals surface area contributed by atoms with Crippen molar-refractivity contribution in [3.8, 4) is 0 Å². The molecule has 0 spiro atoms. The number of rotatable bonds is 3. The van der Waals surface area contributed by atoms with E-state index in [1.165, 1.54) is 18.9 Å². The molecule has 0 radical (unpaired) electrons. The van der Waals surface area contributed by atoms with Crippen LogP contribution in [0.3, 0.4) is 0 Å². The molecule has 1 aromatic rings. The maximum absolute atomic E-state index is 12.0. The van der Waals surface area contributed by atoms with Crippen LogP contribution in [0.1, 0.15) is 5.56 Å². The third kappa shape index (κ3) is 3.46. The summed E-state index contributed by atoms with van der Waals surface area (Å²) < 4.78 is 28.8. The number of amides is 1. The summed E-state index contributed by atoms with van der Waals surface area (Å²) >= 11 is 7.45. The van der Waals surface area contributed by atoms with Crippen molar-refractivity contribution >= 4 is 50.0 Å². The molecule has 2 aliphatic heterocycles. The van der Waals surface area contributed by atoms with Gasteiger partial charge in [-0.3, -0.25) is 4.79 Å². The van der Waals surface area contributed by atoms with Gasteiger partial charge in [-0.1, -0.05) is 29.4 Å². The minimum Gasteiger partial charge on any atom is -0.375 e. The van der Waals surface area contributed by atoms with Crippen LogP contribution in [-0.2, 0) is 19.4 Å². The fraction of sp³-hybridized carbons (Fsp3) is 0.467. The first kappa shape index (κ1) is 17.7. The minimum absolute atomic E-state index is 0.0497. The average Bonchev–Trinajstić information content (AvgIpc) is 2.93. The zero-order valence-corrected chi connectivity index (χ0v) is 15.6. The summed E-state index contributed by atoms with van der Waals surface area (Å²) in [7, 11) is -1.66. The number of nitrogens with zero attached hydrogens (tertiary/aromatic N) is 2. The van der Waals surface area contributed by atoms with Crippen LogP contribution in [0.25, 0.3) is 0 Å². The smallest absolute Gasteiger partial charge is 0.274 e. The summed E-state index contributed by atoms with van der Waals surface area (Å²) in [4.78, 5) is 17.8. The largest absolute Gasteiger partial charge is 0.375 e. The Balaban J connectivity index is 2.04. The molecule has 24 heavy (non-hydrogen) atoms. The van der Waals surface area contributed by atoms with Gasteiger partial charge in [-0.2, -0.15) is 4.99 Å². The number of aryl methyl sites for hydroxylation is 1. The number of fused-ring (bicyclic) bond motifs is 1. The van der Waals surface area contributed by atoms with E-state index in [9.17, 15) is 13.2 Å². The number of anilines is 1. The molecule has 3 rings (SSSR count). The van der Waals surface area contributed by atoms with E-state index in [4.69, 9.17) is 16.3 Å². The van der Waals surface area contributed by atoms with Gasteiger partial charge in [0.15, 0.2) is 15.0 Å². The first-order valence-corrected chi connectivity index (χ1v) is 10.4. The van der Waals surface area contributed by atoms with Crippen LogP contribution in [0.15, 0.2) is 23.2 Å². The Morgan fingerprint density at radius 1 is 1.46 bits per heavy atom. The maximum atomic E-state index is 12.0. The van der Waals surface area contributed by atoms with Crippen molar-refractivity contribution in [3.05, 3.63) is 28.8 Å². The van der Waals surface area contributed by atoms with Crippen molar-refractivity contribution in [2.75, 3.05) is 30.1 Å². The van der Waals surface area contributed by atoms with Crippen LogP contribution in [0.5, 0.6) is 0 Å². The van der Waals surface area contributed by atoms with Crippen LogP contribution in [0, 0.1) is 6.92 Å². The molecule has 0 aliphatic carbocycles. The Morgan fingerprint density at radius 2 is 2.21 bits per heavy atom. The van der Waals surface area contributed by atoms with E-state index >= 15 is 0 Å². The molecule has 2 aliphatic rings. The number of hydrogen-bond donors (Lipinski definition) is 0. The standard InChI is InChI=1S/C15H17ClN2O4S2/c1-9-3-4-10(16)5-11(9)18-12-7-24(20,21)8-13(12)23-15(18)17-14(19)6-22-2/h3-5,12-13H,6-8H2,1-2H3/t12-,13-/m0/s1. The number of halogens is 1. The molecule has 9 heteroatoms. The normalized spacial score (nSPS) is 26.8. The number of carbonyl (C=O) groups is 1. The van der Waals surface area contributed by atoms with Crippen molar-refractivity contribution in [1.82, 2.24) is 0 Å². The van der Waals surface area contributed by atoms with Gasteiger partial charge >= 0.3 is 0 Å². The predicted octanol–water partition coefficient (Wildman–Crippen LogP) is 1.90. The summed E-state index contributed by atoms with van der Waals surface area (Å²) in [6.45, 7) is 1.81. The number of ether oxygens (including phenoxy) is 1. The van der Waals surface area contributed by atoms with E-state index < -0.39 is 15.7 Å². The number of sulfone groups is 1. The van der Waals surface area contributed by atoms with Gasteiger partial charge in [0.05, 0.1) is 17.5 Å². The zero-order chi connectivity index (χ0) is 17.5. The third-order valence-electron chi connectivity index (χ3n) is 3.99. The lowest BCUT2D eigenvalue weighted by atomic mass is 10.1. The van der Waals surface area contributed by atoms with Crippen LogP contribution in [-0.4, -0.2) is 56.0 Å². The molecule has 2 fully saturated rings. The van der Waals surface area contributed by atoms with Crippen LogP contribution < -0.4 is 4.90 Å². The summed E-state index contributed by atoms with van der Waals surface area (Å²) in [5.41, 5.74) is 1.72. The molecule has 1 amide bonds. The van der Waals surface area contributed by atoms with Crippen molar-refractivity contribution < 1.29 is 17.9 Å². The molecule has 1 aromatic carbocycles. The van der Waals surface area contributed by atoms with Crippen molar-refractivity contribution in [3.63, 3.8) is 0 Å². The number of amidine groups is 1. The summed E-state index contributed by atoms with van der Waals surface area (Å²) in [5, 5.41) is 0.919. The predicted molar refractivity (Wildman–Crippen MR) is 96.8 cm³/mol. The molecule has 2 heterocycles. The number of methoxy groups -OCH3 is 1. The van der Waals surface area contributed by atoms with Gasteiger partial charge in [0, 0.05) is 23.1 Å². The number of aliphatic imine (C=N–C) groups is 1. The fourth-order valence-corrected chi connectivity index (χ4v) is 7.04. The molecule has 0 saturated carbocycles. The second-order valence-electron chi connectivity index (χ2n) is 5.82. The Labute approximate surface area is 150 Å². The Bertz CT molecular complexity index is 810. The van der Waals surface area contributed by atoms with Crippen LogP contribution >= 0.6 is 23.4 Å². The average molecular weight is 389 g/mol. The van der Waals surface area contributed by atoms with Crippen molar-refractivity contribution in [1.29, 1.82) is 0 Å². The monoisotopic (exact) mass is 388 g/mol. The Morgan fingerprint density at radius 3 is 2.92 bits per heavy atom. The summed E-state index contributed by atoms with van der Waals surface area (Å²) in [6, 6.07) is 5.18. The fourth-order valence-electron chi connectivity index (χ4n) is 2.95. The topological polar surface area (TPSA) is 76.0 Å². The first-order valence-electron chi connectivity index (χ1n) is 7.33. The lowest BCUT2D eigenvalue weighted by Crippen LogP contribution is -2.38. The molecule has 2 atom stereocenters. The molecule has 6 nitrogen and oxygen atoms in total. The summed E-state index contributed by atoms with van der Waals surface area (Å²) in [6.07, 6.45) is 0. The van der Waals surface area contributed by atoms with Gasteiger partial charge in [-0.25, -0.2) is 8.42 Å². The van der Waals surface area contributed by atoms with Crippen LogP contribution in [0.2, 0.25) is 5.02 Å². The molecular formula is C15H17ClN2O4S2. The highest BCUT2D eigenvalue weighted by atomic mass is 35.5. The Hall–Kier alpha value is -1.09. The third-order valence-corrected chi connectivity index (χ3v) is 7.43. The molecular weight excluding hydrogens is 372 g/mol. The lowest BCUT2D eigenvalue weighted by molar-refractivity contribution is -0.121. The summed E-state index contributed by atoms with van der Waals surface area (Å²) in [5.74, 6) is -0.253. The van der Waals surface area contributed by atoms with Gasteiger partial charge in [0.25, 0.3) is 5.91 Å². The molecule has 130 valence electrons. The van der Waals surface area contributed by atoms with Gasteiger partial charge in [0.2, 0.25) is 0 Å². The molecule has 0 unspecified atom stereocenters. The van der Waals surface area contributed by atoms with Crippen LogP contribution in [0.4, 0.5) is 5.69 Å². The first-order chi connectivity index (χ1) is 11.3. The van der Waals surface area contributed by atoms with E-state index in [0.29, 0.717) is 10.2 Å². The molecule has 0 N–H and O–H groups in total. The van der Waals surface area contributed by atoms with Gasteiger partial charge in [0.1, 0.15) is 6.61 Å². The minimum atomic E-state index is -3.09. The molecule has 2 saturated heterocycles. The number of benzene rings is 1. The number of carbonyl (C=O) groups excluding carboxylic acids is 1. The van der Waals surface area contributed by atoms with Gasteiger partial charge in [-0.15, -0.1) is 0 Å². The van der Waals surface area contributed by atoms with Gasteiger partial charge < -0.3 is 9.64 Å². The van der Waals surface area contributed by atoms with E-state index in [-0.39, 0.29) is 29.4 Å². The van der Waals surface area contributed by atoms with E-state index in [1.54, 1.807) is 12.1 Å². The zero-order valence-electron chi connectivity index (χ0n) is 13.2. The van der Waals surface area contributed by atoms with E-state index in [0.717, 1.165) is 11.3 Å². The van der Waals surface area contributed by atoms with E-state index in [2.05, 4.69) is 4.99 Å². The van der Waals surface area contributed by atoms with E-state index in [1.807, 2.05) is 17.9 Å². The molecule has 0 aromatic heterocycles. The van der Waals surface area contributed by atoms with Crippen molar-refractivity contribution in [2.24, 2.45) is 4.99 Å². The number of hydrogen-bond acceptors (Lipinski definition) is 5. The molecule has 0 bridgehead atoms. The Kier molecular flexibility index (Phi) is 4.92. The highest BCUT2D eigenvalue weighted by Gasteiger charge is 2.49. The highest BCUT2D eigenvalue weighted by molar-refractivity contribution is 8.16. The second kappa shape index (κ2) is 6.67. The lowest BCUT2D eigenvalue weighted by Gasteiger charge is -2.26. The SMILES string of the molecule is COCC(=O)N=C1S[C@H]2CS(=O)(=O)C[C@@H]2N1c1cc(Cl)ccc1C. The quantitative estimate of drug-likeness (QED) is 0.787. The number of thioether (sulfide) groups is 1. The van der Waals surface area contributed by atoms with Crippen molar-refractivity contribution in [2.45, 2.75) is 18.2 Å². The maximum Gasteiger partial charge on any atom is 0.274 e.